The van der Waals surface area contributed by atoms with Crippen LogP contribution in [0.3, 0.4) is 0 Å². The molecule has 5 nitrogen and oxygen atoms in total. The van der Waals surface area contributed by atoms with Crippen molar-refractivity contribution in [1.82, 2.24) is 0 Å². The Morgan fingerprint density at radius 3 is 2.50 bits per heavy atom. The van der Waals surface area contributed by atoms with Gasteiger partial charge in [-0.15, -0.1) is 0 Å². The molecule has 2 aliphatic heterocycles. The molecule has 2 heterocycles. The first-order valence-corrected chi connectivity index (χ1v) is 7.75. The number of amides is 1. The summed E-state index contributed by atoms with van der Waals surface area (Å²) in [6, 6.07) is 7.60. The predicted octanol–water partition coefficient (Wildman–Crippen LogP) is 2.59. The van der Waals surface area contributed by atoms with Gasteiger partial charge in [0, 0.05) is 5.69 Å². The fourth-order valence-electron chi connectivity index (χ4n) is 3.34. The van der Waals surface area contributed by atoms with Gasteiger partial charge in [0.05, 0.1) is 25.7 Å². The van der Waals surface area contributed by atoms with Crippen molar-refractivity contribution in [3.63, 3.8) is 0 Å². The SMILES string of the molecule is CCC1C(=O)N(c2ccc(OC)cc2)C1[C@H]1COC(C)(C)O1. The molecule has 0 radical (unpaired) electrons. The van der Waals surface area contributed by atoms with Crippen LogP contribution < -0.4 is 9.64 Å². The van der Waals surface area contributed by atoms with Crippen molar-refractivity contribution in [2.45, 2.75) is 45.1 Å². The number of rotatable bonds is 4. The van der Waals surface area contributed by atoms with Gasteiger partial charge in [-0.25, -0.2) is 0 Å². The average molecular weight is 305 g/mol. The number of ether oxygens (including phenoxy) is 3. The van der Waals surface area contributed by atoms with Crippen molar-refractivity contribution < 1.29 is 19.0 Å². The number of hydrogen-bond donors (Lipinski definition) is 0. The maximum absolute atomic E-state index is 12.5. The van der Waals surface area contributed by atoms with Gasteiger partial charge in [0.2, 0.25) is 5.91 Å². The summed E-state index contributed by atoms with van der Waals surface area (Å²) >= 11 is 0. The molecule has 1 aromatic carbocycles. The van der Waals surface area contributed by atoms with Gasteiger partial charge in [-0.2, -0.15) is 0 Å². The largest absolute Gasteiger partial charge is 0.497 e. The summed E-state index contributed by atoms with van der Waals surface area (Å²) in [4.78, 5) is 14.3. The number of carbonyl (C=O) groups is 1. The van der Waals surface area contributed by atoms with Crippen molar-refractivity contribution in [3.05, 3.63) is 24.3 Å². The molecular weight excluding hydrogens is 282 g/mol. The molecular formula is C17H23NO4. The molecule has 2 saturated heterocycles. The normalized spacial score (nSPS) is 30.3. The van der Waals surface area contributed by atoms with Gasteiger partial charge in [-0.1, -0.05) is 6.92 Å². The number of hydrogen-bond acceptors (Lipinski definition) is 4. The second kappa shape index (κ2) is 5.56. The Bertz CT molecular complexity index is 554. The average Bonchev–Trinajstić information content (AvgIpc) is 2.85. The van der Waals surface area contributed by atoms with E-state index in [1.54, 1.807) is 7.11 Å². The molecule has 0 spiro atoms. The molecule has 0 N–H and O–H groups in total. The summed E-state index contributed by atoms with van der Waals surface area (Å²) in [6.07, 6.45) is 0.732. The highest BCUT2D eigenvalue weighted by Gasteiger charge is 2.54. The van der Waals surface area contributed by atoms with E-state index in [2.05, 4.69) is 0 Å². The molecule has 1 amide bonds. The van der Waals surface area contributed by atoms with Crippen LogP contribution in [0.5, 0.6) is 5.75 Å². The second-order valence-corrected chi connectivity index (χ2v) is 6.28. The van der Waals surface area contributed by atoms with Crippen LogP contribution in [0.25, 0.3) is 0 Å². The molecule has 120 valence electrons. The molecule has 5 heteroatoms. The van der Waals surface area contributed by atoms with Gasteiger partial charge in [0.15, 0.2) is 5.79 Å². The predicted molar refractivity (Wildman–Crippen MR) is 83.0 cm³/mol. The third-order valence-corrected chi connectivity index (χ3v) is 4.47. The van der Waals surface area contributed by atoms with E-state index in [0.29, 0.717) is 6.61 Å². The standard InChI is InChI=1S/C17H23NO4/c1-5-13-15(14-10-21-17(2,3)22-14)18(16(13)19)11-6-8-12(20-4)9-7-11/h6-9,13-15H,5,10H2,1-4H3/t13?,14-,15?/m1/s1. The lowest BCUT2D eigenvalue weighted by molar-refractivity contribution is -0.152. The molecule has 2 fully saturated rings. The highest BCUT2D eigenvalue weighted by Crippen LogP contribution is 2.40. The molecule has 2 unspecified atom stereocenters. The van der Waals surface area contributed by atoms with Crippen molar-refractivity contribution in [1.29, 1.82) is 0 Å². The minimum absolute atomic E-state index is 0.00426. The van der Waals surface area contributed by atoms with Gasteiger partial charge < -0.3 is 19.1 Å². The molecule has 22 heavy (non-hydrogen) atoms. The lowest BCUT2D eigenvalue weighted by atomic mass is 9.81. The van der Waals surface area contributed by atoms with Crippen molar-refractivity contribution in [3.8, 4) is 5.75 Å². The highest BCUT2D eigenvalue weighted by molar-refractivity contribution is 6.03. The van der Waals surface area contributed by atoms with Gasteiger partial charge in [0.25, 0.3) is 0 Å². The Kier molecular flexibility index (Phi) is 3.87. The Balaban J connectivity index is 1.83. The Labute approximate surface area is 131 Å². The molecule has 3 rings (SSSR count). The number of nitrogens with zero attached hydrogens (tertiary/aromatic N) is 1. The molecule has 1 aromatic rings. The summed E-state index contributed by atoms with van der Waals surface area (Å²) in [5.41, 5.74) is 0.883. The third kappa shape index (κ3) is 2.48. The van der Waals surface area contributed by atoms with Crippen LogP contribution in [0, 0.1) is 5.92 Å². The smallest absolute Gasteiger partial charge is 0.232 e. The zero-order valence-electron chi connectivity index (χ0n) is 13.5. The van der Waals surface area contributed by atoms with Crippen LogP contribution in [-0.4, -0.2) is 37.6 Å². The first-order valence-electron chi connectivity index (χ1n) is 7.75. The molecule has 2 aliphatic rings. The number of carbonyl (C=O) groups excluding carboxylic acids is 1. The van der Waals surface area contributed by atoms with Gasteiger partial charge in [-0.05, 0) is 44.5 Å². The Morgan fingerprint density at radius 2 is 2.00 bits per heavy atom. The lowest BCUT2D eigenvalue weighted by Crippen LogP contribution is -2.66. The maximum Gasteiger partial charge on any atom is 0.232 e. The third-order valence-electron chi connectivity index (χ3n) is 4.47. The fourth-order valence-corrected chi connectivity index (χ4v) is 3.34. The van der Waals surface area contributed by atoms with Crippen LogP contribution >= 0.6 is 0 Å². The van der Waals surface area contributed by atoms with Gasteiger partial charge in [0.1, 0.15) is 11.9 Å². The summed E-state index contributed by atoms with van der Waals surface area (Å²) in [7, 11) is 1.63. The topological polar surface area (TPSA) is 48.0 Å². The van der Waals surface area contributed by atoms with E-state index in [4.69, 9.17) is 14.2 Å². The second-order valence-electron chi connectivity index (χ2n) is 6.28. The monoisotopic (exact) mass is 305 g/mol. The summed E-state index contributed by atoms with van der Waals surface area (Å²) < 4.78 is 16.8. The van der Waals surface area contributed by atoms with Gasteiger partial charge >= 0.3 is 0 Å². The van der Waals surface area contributed by atoms with E-state index < -0.39 is 5.79 Å². The molecule has 0 saturated carbocycles. The van der Waals surface area contributed by atoms with Crippen LogP contribution in [0.15, 0.2) is 24.3 Å². The van der Waals surface area contributed by atoms with Crippen LogP contribution in [-0.2, 0) is 14.3 Å². The lowest BCUT2D eigenvalue weighted by Gasteiger charge is -2.49. The molecule has 0 aromatic heterocycles. The molecule has 0 aliphatic carbocycles. The first-order chi connectivity index (χ1) is 10.5. The quantitative estimate of drug-likeness (QED) is 0.802. The molecule has 0 bridgehead atoms. The Hall–Kier alpha value is -1.59. The zero-order chi connectivity index (χ0) is 15.9. The summed E-state index contributed by atoms with van der Waals surface area (Å²) in [5, 5.41) is 0. The number of β-lactam (4-membered cyclic amide) rings is 1. The maximum atomic E-state index is 12.5. The first kappa shape index (κ1) is 15.3. The Morgan fingerprint density at radius 1 is 1.32 bits per heavy atom. The number of methoxy groups -OCH3 is 1. The summed E-state index contributed by atoms with van der Waals surface area (Å²) in [6.45, 7) is 6.38. The van der Waals surface area contributed by atoms with Crippen LogP contribution in [0.2, 0.25) is 0 Å². The van der Waals surface area contributed by atoms with E-state index in [1.807, 2.05) is 49.9 Å². The number of benzene rings is 1. The van der Waals surface area contributed by atoms with E-state index in [-0.39, 0.29) is 24.0 Å². The fraction of sp³-hybridized carbons (Fsp3) is 0.588. The minimum Gasteiger partial charge on any atom is -0.497 e. The van der Waals surface area contributed by atoms with E-state index in [0.717, 1.165) is 17.9 Å². The highest BCUT2D eigenvalue weighted by atomic mass is 16.7. The zero-order valence-corrected chi connectivity index (χ0v) is 13.5. The van der Waals surface area contributed by atoms with Crippen LogP contribution in [0.4, 0.5) is 5.69 Å². The van der Waals surface area contributed by atoms with E-state index in [9.17, 15) is 4.79 Å². The van der Waals surface area contributed by atoms with Crippen LogP contribution in [0.1, 0.15) is 27.2 Å². The van der Waals surface area contributed by atoms with E-state index in [1.165, 1.54) is 0 Å². The van der Waals surface area contributed by atoms with E-state index >= 15 is 0 Å². The summed E-state index contributed by atoms with van der Waals surface area (Å²) in [5.74, 6) is 0.366. The van der Waals surface area contributed by atoms with Gasteiger partial charge in [-0.3, -0.25) is 4.79 Å². The van der Waals surface area contributed by atoms with Crippen molar-refractivity contribution >= 4 is 11.6 Å². The van der Waals surface area contributed by atoms with Crippen molar-refractivity contribution in [2.24, 2.45) is 5.92 Å². The number of anilines is 1. The van der Waals surface area contributed by atoms with Crippen molar-refractivity contribution in [2.75, 3.05) is 18.6 Å². The minimum atomic E-state index is -0.576. The molecule has 3 atom stereocenters.